The molecular weight excluding hydrogens is 714 g/mol. The van der Waals surface area contributed by atoms with Crippen LogP contribution in [0.3, 0.4) is 0 Å². The van der Waals surface area contributed by atoms with Gasteiger partial charge >= 0.3 is 0 Å². The monoisotopic (exact) mass is 764 g/mol. The van der Waals surface area contributed by atoms with Gasteiger partial charge in [-0.3, -0.25) is 34.3 Å². The van der Waals surface area contributed by atoms with Gasteiger partial charge in [0.2, 0.25) is 23.6 Å². The Morgan fingerprint density at radius 3 is 2.31 bits per heavy atom. The lowest BCUT2D eigenvalue weighted by Gasteiger charge is -2.40. The summed E-state index contributed by atoms with van der Waals surface area (Å²) in [5.74, 6) is -3.21. The number of imide groups is 1. The number of hydrazine groups is 1. The molecule has 5 rings (SSSR count). The fourth-order valence-corrected chi connectivity index (χ4v) is 7.00. The summed E-state index contributed by atoms with van der Waals surface area (Å²) in [6, 6.07) is 10.7. The zero-order chi connectivity index (χ0) is 40.2. The summed E-state index contributed by atoms with van der Waals surface area (Å²) >= 11 is 0. The third-order valence-electron chi connectivity index (χ3n) is 9.97. The number of nitrogens with one attached hydrogen (secondary N) is 1. The van der Waals surface area contributed by atoms with E-state index in [1.54, 1.807) is 29.6 Å². The number of piperazine rings is 1. The number of amides is 5. The van der Waals surface area contributed by atoms with Gasteiger partial charge in [0.1, 0.15) is 30.6 Å². The van der Waals surface area contributed by atoms with Crippen LogP contribution in [0.25, 0.3) is 11.3 Å². The first-order valence-electron chi connectivity index (χ1n) is 18.3. The molecular formula is C39H50F2N8O6. The van der Waals surface area contributed by atoms with Crippen molar-refractivity contribution in [1.29, 1.82) is 0 Å². The average Bonchev–Trinajstić information content (AvgIpc) is 3.62. The Bertz CT molecular complexity index is 1910. The Kier molecular flexibility index (Phi) is 12.5. The van der Waals surface area contributed by atoms with Crippen LogP contribution in [0.2, 0.25) is 0 Å². The van der Waals surface area contributed by atoms with E-state index in [-0.39, 0.29) is 81.1 Å². The van der Waals surface area contributed by atoms with Crippen molar-refractivity contribution in [1.82, 2.24) is 34.7 Å². The van der Waals surface area contributed by atoms with Gasteiger partial charge in [0.15, 0.2) is 0 Å². The molecule has 5 amide bonds. The maximum atomic E-state index is 15.0. The van der Waals surface area contributed by atoms with Crippen LogP contribution in [0, 0.1) is 22.5 Å². The second kappa shape index (κ2) is 16.8. The second-order valence-electron chi connectivity index (χ2n) is 15.8. The molecule has 0 bridgehead atoms. The van der Waals surface area contributed by atoms with Crippen molar-refractivity contribution in [2.45, 2.75) is 66.1 Å². The lowest BCUT2D eigenvalue weighted by molar-refractivity contribution is -0.148. The fourth-order valence-electron chi connectivity index (χ4n) is 7.00. The summed E-state index contributed by atoms with van der Waals surface area (Å²) in [7, 11) is 0. The molecule has 16 heteroatoms. The zero-order valence-electron chi connectivity index (χ0n) is 31.9. The highest BCUT2D eigenvalue weighted by atomic mass is 19.1. The normalized spacial score (nSPS) is 17.3. The number of halogens is 2. The van der Waals surface area contributed by atoms with Crippen molar-refractivity contribution in [3.8, 4) is 11.3 Å². The molecule has 14 nitrogen and oxygen atoms in total. The van der Waals surface area contributed by atoms with E-state index >= 15 is 4.39 Å². The minimum atomic E-state index is -1.08. The topological polar surface area (TPSA) is 174 Å². The maximum Gasteiger partial charge on any atom is 0.251 e. The third-order valence-corrected chi connectivity index (χ3v) is 9.97. The van der Waals surface area contributed by atoms with Gasteiger partial charge in [-0.05, 0) is 35.6 Å². The van der Waals surface area contributed by atoms with Gasteiger partial charge in [0.25, 0.3) is 5.91 Å². The number of hydrogen-bond acceptors (Lipinski definition) is 9. The number of nitrogens with two attached hydrogens (primary N) is 1. The Balaban J connectivity index is 1.28. The highest BCUT2D eigenvalue weighted by molar-refractivity contribution is 6.07. The second-order valence-corrected chi connectivity index (χ2v) is 15.8. The van der Waals surface area contributed by atoms with E-state index in [0.717, 1.165) is 28.7 Å². The predicted octanol–water partition coefficient (Wildman–Crippen LogP) is 2.46. The minimum absolute atomic E-state index is 0.00161. The summed E-state index contributed by atoms with van der Waals surface area (Å²) in [6.07, 6.45) is 1.67. The van der Waals surface area contributed by atoms with E-state index in [9.17, 15) is 33.5 Å². The van der Waals surface area contributed by atoms with Crippen LogP contribution in [0.1, 0.15) is 64.9 Å². The highest BCUT2D eigenvalue weighted by Gasteiger charge is 2.46. The van der Waals surface area contributed by atoms with Crippen LogP contribution < -0.4 is 11.2 Å². The number of aliphatic hydroxyl groups is 1. The van der Waals surface area contributed by atoms with Crippen LogP contribution in [0.4, 0.5) is 8.78 Å². The molecule has 296 valence electrons. The standard InChI is InChI=1S/C39H50F2N8O6/c1-38(2,3)34(35-43-30(27-19-26(40)11-12-28(27)41)22-46(35)21-25-9-7-6-8-10-25)48(33(53)24-50)14-13-29(42)36(54)44-47-17-15-45(16-18-47)32(52)23-49-31(51)20-39(4,5)37(49)55/h6-12,19,22,29,34,50H,13-18,20-21,23-24,42H2,1-5H3,(H,44,54)/t29-,34-/m0/s1. The first-order valence-corrected chi connectivity index (χ1v) is 18.3. The molecule has 2 atom stereocenters. The van der Waals surface area contributed by atoms with Crippen molar-refractivity contribution in [3.63, 3.8) is 0 Å². The smallest absolute Gasteiger partial charge is 0.251 e. The molecule has 0 unspecified atom stereocenters. The Hall–Kier alpha value is -5.06. The fraction of sp³-hybridized carbons (Fsp3) is 0.487. The molecule has 55 heavy (non-hydrogen) atoms. The Labute approximate surface area is 319 Å². The molecule has 3 aromatic rings. The van der Waals surface area contributed by atoms with Gasteiger partial charge in [-0.15, -0.1) is 0 Å². The number of aliphatic hydroxyl groups excluding tert-OH is 1. The number of imidazole rings is 1. The minimum Gasteiger partial charge on any atom is -0.387 e. The lowest BCUT2D eigenvalue weighted by atomic mass is 9.84. The van der Waals surface area contributed by atoms with Crippen molar-refractivity contribution in [2.75, 3.05) is 45.9 Å². The van der Waals surface area contributed by atoms with Crippen LogP contribution in [0.5, 0.6) is 0 Å². The van der Waals surface area contributed by atoms with Gasteiger partial charge in [-0.25, -0.2) is 18.8 Å². The van der Waals surface area contributed by atoms with E-state index in [4.69, 9.17) is 10.7 Å². The predicted molar refractivity (Wildman–Crippen MR) is 198 cm³/mol. The van der Waals surface area contributed by atoms with E-state index in [1.807, 2.05) is 51.1 Å². The number of rotatable bonds is 13. The van der Waals surface area contributed by atoms with E-state index in [1.165, 1.54) is 9.80 Å². The largest absolute Gasteiger partial charge is 0.387 e. The van der Waals surface area contributed by atoms with Crippen LogP contribution in [0.15, 0.2) is 54.7 Å². The summed E-state index contributed by atoms with van der Waals surface area (Å²) in [5, 5.41) is 11.7. The highest BCUT2D eigenvalue weighted by Crippen LogP contribution is 2.40. The molecule has 2 saturated heterocycles. The Morgan fingerprint density at radius 1 is 1.04 bits per heavy atom. The molecule has 3 heterocycles. The van der Waals surface area contributed by atoms with Crippen LogP contribution in [-0.2, 0) is 30.5 Å². The van der Waals surface area contributed by atoms with Gasteiger partial charge in [0, 0.05) is 57.4 Å². The molecule has 0 aliphatic carbocycles. The zero-order valence-corrected chi connectivity index (χ0v) is 31.9. The molecule has 0 radical (unpaired) electrons. The molecule has 2 aliphatic heterocycles. The molecule has 2 fully saturated rings. The van der Waals surface area contributed by atoms with Crippen LogP contribution in [-0.4, -0.2) is 116 Å². The molecule has 1 aromatic heterocycles. The average molecular weight is 765 g/mol. The summed E-state index contributed by atoms with van der Waals surface area (Å²) < 4.78 is 31.1. The van der Waals surface area contributed by atoms with Crippen molar-refractivity contribution < 1.29 is 37.9 Å². The molecule has 0 spiro atoms. The van der Waals surface area contributed by atoms with Crippen molar-refractivity contribution in [3.05, 3.63) is 77.8 Å². The summed E-state index contributed by atoms with van der Waals surface area (Å²) in [5.41, 5.74) is 8.59. The number of likely N-dealkylation sites (tertiary alicyclic amines) is 1. The summed E-state index contributed by atoms with van der Waals surface area (Å²) in [6.45, 7) is 9.13. The van der Waals surface area contributed by atoms with Gasteiger partial charge in [0.05, 0.1) is 23.2 Å². The van der Waals surface area contributed by atoms with Gasteiger partial charge < -0.3 is 25.2 Å². The number of aromatic nitrogens is 2. The quantitative estimate of drug-likeness (QED) is 0.221. The first kappa shape index (κ1) is 41.1. The third kappa shape index (κ3) is 9.61. The molecule has 2 aromatic carbocycles. The Morgan fingerprint density at radius 2 is 1.71 bits per heavy atom. The summed E-state index contributed by atoms with van der Waals surface area (Å²) in [4.78, 5) is 73.3. The number of carbonyl (C=O) groups excluding carboxylic acids is 5. The van der Waals surface area contributed by atoms with E-state index < -0.39 is 53.0 Å². The SMILES string of the molecule is CC1(C)CC(=O)N(CC(=O)N2CCN(NC(=O)[C@@H](N)CCN(C(=O)CO)[C@@H](c3nc(-c4cc(F)ccc4F)cn3Cc3ccccc3)C(C)(C)C)CC2)C1=O. The van der Waals surface area contributed by atoms with Crippen molar-refractivity contribution in [2.24, 2.45) is 16.6 Å². The van der Waals surface area contributed by atoms with Gasteiger partial charge in [-0.2, -0.15) is 0 Å². The number of carbonyl (C=O) groups is 5. The molecule has 2 aliphatic rings. The van der Waals surface area contributed by atoms with E-state index in [0.29, 0.717) is 12.4 Å². The number of hydrogen-bond donors (Lipinski definition) is 3. The first-order chi connectivity index (χ1) is 25.9. The maximum absolute atomic E-state index is 15.0. The van der Waals surface area contributed by atoms with Crippen molar-refractivity contribution >= 4 is 29.5 Å². The molecule has 0 saturated carbocycles. The lowest BCUT2D eigenvalue weighted by Crippen LogP contribution is -2.58. The van der Waals surface area contributed by atoms with Crippen LogP contribution >= 0.6 is 0 Å². The van der Waals surface area contributed by atoms with E-state index in [2.05, 4.69) is 5.43 Å². The number of benzene rings is 2. The number of nitrogens with zero attached hydrogens (tertiary/aromatic N) is 6. The molecule has 4 N–H and O–H groups in total. The van der Waals surface area contributed by atoms with Gasteiger partial charge in [-0.1, -0.05) is 65.0 Å².